The van der Waals surface area contributed by atoms with E-state index in [1.807, 2.05) is 30.3 Å². The maximum absolute atomic E-state index is 13.4. The summed E-state index contributed by atoms with van der Waals surface area (Å²) < 4.78 is 13.4. The number of fused-ring (bicyclic) bond motifs is 1. The first-order valence-corrected chi connectivity index (χ1v) is 8.62. The molecule has 0 radical (unpaired) electrons. The van der Waals surface area contributed by atoms with Crippen molar-refractivity contribution in [3.05, 3.63) is 83.9 Å². The number of amides is 1. The second-order valence-electron chi connectivity index (χ2n) is 6.37. The highest BCUT2D eigenvalue weighted by molar-refractivity contribution is 5.96. The van der Waals surface area contributed by atoms with Gasteiger partial charge in [0.1, 0.15) is 11.5 Å². The van der Waals surface area contributed by atoms with Crippen molar-refractivity contribution in [2.45, 2.75) is 6.61 Å². The Morgan fingerprint density at radius 2 is 1.68 bits per heavy atom. The van der Waals surface area contributed by atoms with E-state index in [1.165, 1.54) is 12.1 Å². The summed E-state index contributed by atoms with van der Waals surface area (Å²) in [7, 11) is 0. The average molecular weight is 373 g/mol. The van der Waals surface area contributed by atoms with E-state index in [0.717, 1.165) is 27.6 Å². The minimum absolute atomic E-state index is 0.0517. The quantitative estimate of drug-likeness (QED) is 0.571. The molecule has 0 bridgehead atoms. The van der Waals surface area contributed by atoms with Gasteiger partial charge in [-0.15, -0.1) is 0 Å². The summed E-state index contributed by atoms with van der Waals surface area (Å²) >= 11 is 0. The van der Waals surface area contributed by atoms with Crippen LogP contribution in [-0.2, 0) is 6.61 Å². The average Bonchev–Trinajstić information content (AvgIpc) is 2.73. The molecule has 0 saturated heterocycles. The Hall–Kier alpha value is -3.64. The van der Waals surface area contributed by atoms with Crippen LogP contribution < -0.4 is 5.73 Å². The summed E-state index contributed by atoms with van der Waals surface area (Å²) in [4.78, 5) is 20.3. The summed E-state index contributed by atoms with van der Waals surface area (Å²) in [5.41, 5.74) is 9.94. The monoisotopic (exact) mass is 373 g/mol. The fourth-order valence-corrected chi connectivity index (χ4v) is 3.04. The smallest absolute Gasteiger partial charge is 0.267 e. The van der Waals surface area contributed by atoms with Gasteiger partial charge in [-0.2, -0.15) is 0 Å². The van der Waals surface area contributed by atoms with E-state index < -0.39 is 5.91 Å². The van der Waals surface area contributed by atoms with Crippen LogP contribution in [-0.4, -0.2) is 21.0 Å². The van der Waals surface area contributed by atoms with Crippen LogP contribution in [0.25, 0.3) is 33.3 Å². The number of benzene rings is 2. The third-order valence-electron chi connectivity index (χ3n) is 4.52. The molecule has 4 rings (SSSR count). The van der Waals surface area contributed by atoms with Crippen LogP contribution in [0.2, 0.25) is 0 Å². The van der Waals surface area contributed by atoms with Crippen molar-refractivity contribution in [2.24, 2.45) is 5.73 Å². The molecule has 0 aliphatic heterocycles. The second kappa shape index (κ2) is 7.17. The number of aliphatic hydroxyl groups is 1. The molecule has 3 N–H and O–H groups in total. The predicted molar refractivity (Wildman–Crippen MR) is 105 cm³/mol. The number of aliphatic hydroxyl groups excluding tert-OH is 1. The van der Waals surface area contributed by atoms with E-state index in [-0.39, 0.29) is 18.1 Å². The minimum Gasteiger partial charge on any atom is -0.392 e. The van der Waals surface area contributed by atoms with Crippen LogP contribution in [0.5, 0.6) is 0 Å². The van der Waals surface area contributed by atoms with E-state index in [9.17, 15) is 14.3 Å². The predicted octanol–water partition coefficient (Wildman–Crippen LogP) is 3.69. The van der Waals surface area contributed by atoms with Crippen molar-refractivity contribution in [1.29, 1.82) is 0 Å². The fraction of sp³-hybridized carbons (Fsp3) is 0.0455. The molecule has 2 aromatic carbocycles. The molecule has 0 spiro atoms. The standard InChI is InChI=1S/C22H16FN3O2/c23-17-7-5-14(6-8-17)18-9-16-11-25-20(22(24)28)10-19(16)26-21(18)15-3-1-13(12-27)2-4-15/h1-11,27H,12H2,(H2,24,28). The van der Waals surface area contributed by atoms with Crippen molar-refractivity contribution in [3.63, 3.8) is 0 Å². The maximum Gasteiger partial charge on any atom is 0.267 e. The molecule has 28 heavy (non-hydrogen) atoms. The number of halogens is 1. The molecule has 0 fully saturated rings. The second-order valence-corrected chi connectivity index (χ2v) is 6.37. The number of hydrogen-bond donors (Lipinski definition) is 2. The van der Waals surface area contributed by atoms with Crippen LogP contribution in [0.15, 0.2) is 66.9 Å². The van der Waals surface area contributed by atoms with Gasteiger partial charge in [-0.05, 0) is 35.4 Å². The van der Waals surface area contributed by atoms with Crippen LogP contribution in [0.4, 0.5) is 4.39 Å². The number of carbonyl (C=O) groups is 1. The molecule has 0 aliphatic rings. The number of hydrogen-bond acceptors (Lipinski definition) is 4. The highest BCUT2D eigenvalue weighted by atomic mass is 19.1. The number of carbonyl (C=O) groups excluding carboxylic acids is 1. The Morgan fingerprint density at radius 1 is 1.00 bits per heavy atom. The number of primary amides is 1. The van der Waals surface area contributed by atoms with E-state index in [0.29, 0.717) is 11.2 Å². The summed E-state index contributed by atoms with van der Waals surface area (Å²) in [5, 5.41) is 10.0. The molecular formula is C22H16FN3O2. The zero-order chi connectivity index (χ0) is 19.7. The summed E-state index contributed by atoms with van der Waals surface area (Å²) in [5.74, 6) is -0.945. The van der Waals surface area contributed by atoms with Crippen molar-refractivity contribution < 1.29 is 14.3 Å². The first-order valence-electron chi connectivity index (χ1n) is 8.62. The maximum atomic E-state index is 13.4. The molecule has 5 nitrogen and oxygen atoms in total. The molecule has 138 valence electrons. The number of nitrogens with zero attached hydrogens (tertiary/aromatic N) is 2. The summed E-state index contributed by atoms with van der Waals surface area (Å²) in [6.45, 7) is -0.0517. The Morgan fingerprint density at radius 3 is 2.32 bits per heavy atom. The lowest BCUT2D eigenvalue weighted by Crippen LogP contribution is -2.12. The lowest BCUT2D eigenvalue weighted by molar-refractivity contribution is 0.0995. The van der Waals surface area contributed by atoms with Gasteiger partial charge in [-0.3, -0.25) is 9.78 Å². The zero-order valence-corrected chi connectivity index (χ0v) is 14.8. The van der Waals surface area contributed by atoms with Gasteiger partial charge < -0.3 is 10.8 Å². The normalized spacial score (nSPS) is 10.9. The lowest BCUT2D eigenvalue weighted by atomic mass is 9.97. The molecule has 1 amide bonds. The van der Waals surface area contributed by atoms with Crippen LogP contribution in [0, 0.1) is 5.82 Å². The van der Waals surface area contributed by atoms with Gasteiger partial charge in [0.2, 0.25) is 0 Å². The van der Waals surface area contributed by atoms with Gasteiger partial charge in [-0.25, -0.2) is 9.37 Å². The first-order chi connectivity index (χ1) is 13.5. The number of pyridine rings is 2. The third-order valence-corrected chi connectivity index (χ3v) is 4.52. The number of nitrogens with two attached hydrogens (primary N) is 1. The Balaban J connectivity index is 1.97. The van der Waals surface area contributed by atoms with E-state index in [2.05, 4.69) is 4.98 Å². The highest BCUT2D eigenvalue weighted by Gasteiger charge is 2.13. The zero-order valence-electron chi connectivity index (χ0n) is 14.8. The molecule has 6 heteroatoms. The molecule has 0 unspecified atom stereocenters. The van der Waals surface area contributed by atoms with Gasteiger partial charge in [0.05, 0.1) is 17.8 Å². The van der Waals surface area contributed by atoms with Crippen molar-refractivity contribution in [3.8, 4) is 22.4 Å². The number of rotatable bonds is 4. The van der Waals surface area contributed by atoms with Crippen LogP contribution in [0.1, 0.15) is 16.1 Å². The van der Waals surface area contributed by atoms with E-state index in [4.69, 9.17) is 10.7 Å². The van der Waals surface area contributed by atoms with Crippen molar-refractivity contribution in [1.82, 2.24) is 9.97 Å². The Kier molecular flexibility index (Phi) is 4.55. The molecular weight excluding hydrogens is 357 g/mol. The number of aromatic nitrogens is 2. The Labute approximate surface area is 160 Å². The minimum atomic E-state index is -0.625. The van der Waals surface area contributed by atoms with Crippen LogP contribution in [0.3, 0.4) is 0 Å². The molecule has 0 aliphatic carbocycles. The van der Waals surface area contributed by atoms with Crippen LogP contribution >= 0.6 is 0 Å². The van der Waals surface area contributed by atoms with E-state index >= 15 is 0 Å². The highest BCUT2D eigenvalue weighted by Crippen LogP contribution is 2.33. The molecule has 4 aromatic rings. The lowest BCUT2D eigenvalue weighted by Gasteiger charge is -2.12. The molecule has 0 saturated carbocycles. The topological polar surface area (TPSA) is 89.1 Å². The third kappa shape index (κ3) is 3.33. The molecule has 2 aromatic heterocycles. The van der Waals surface area contributed by atoms with Gasteiger partial charge in [0.15, 0.2) is 0 Å². The molecule has 2 heterocycles. The van der Waals surface area contributed by atoms with Gasteiger partial charge >= 0.3 is 0 Å². The Bertz CT molecular complexity index is 1170. The fourth-order valence-electron chi connectivity index (χ4n) is 3.04. The van der Waals surface area contributed by atoms with E-state index in [1.54, 1.807) is 24.4 Å². The first kappa shape index (κ1) is 17.8. The van der Waals surface area contributed by atoms with Gasteiger partial charge in [0.25, 0.3) is 5.91 Å². The van der Waals surface area contributed by atoms with Crippen molar-refractivity contribution in [2.75, 3.05) is 0 Å². The molecule has 0 atom stereocenters. The summed E-state index contributed by atoms with van der Waals surface area (Å²) in [6, 6.07) is 17.0. The largest absolute Gasteiger partial charge is 0.392 e. The SMILES string of the molecule is NC(=O)c1cc2nc(-c3ccc(CO)cc3)c(-c3ccc(F)cc3)cc2cn1. The van der Waals surface area contributed by atoms with Crippen molar-refractivity contribution >= 4 is 16.8 Å². The summed E-state index contributed by atoms with van der Waals surface area (Å²) in [6.07, 6.45) is 1.55. The van der Waals surface area contributed by atoms with Gasteiger partial charge in [-0.1, -0.05) is 36.4 Å². The van der Waals surface area contributed by atoms with Gasteiger partial charge in [0, 0.05) is 22.7 Å².